The number of aromatic nitrogens is 2. The maximum atomic E-state index is 14.2. The van der Waals surface area contributed by atoms with Crippen molar-refractivity contribution in [2.75, 3.05) is 0 Å². The topological polar surface area (TPSA) is 81.2 Å². The summed E-state index contributed by atoms with van der Waals surface area (Å²) < 4.78 is 24.7. The van der Waals surface area contributed by atoms with Gasteiger partial charge >= 0.3 is 0 Å². The summed E-state index contributed by atoms with van der Waals surface area (Å²) in [6, 6.07) is 11.3. The van der Waals surface area contributed by atoms with Crippen LogP contribution < -0.4 is 5.32 Å². The Labute approximate surface area is 147 Å². The van der Waals surface area contributed by atoms with E-state index >= 15 is 0 Å². The molecule has 0 spiro atoms. The fourth-order valence-corrected chi connectivity index (χ4v) is 2.77. The van der Waals surface area contributed by atoms with Gasteiger partial charge in [0.1, 0.15) is 17.3 Å². The lowest BCUT2D eigenvalue weighted by molar-refractivity contribution is 0.0949. The number of rotatable bonds is 4. The minimum Gasteiger partial charge on any atom is -0.467 e. The number of aryl methyl sites for hydroxylation is 1. The third kappa shape index (κ3) is 2.83. The van der Waals surface area contributed by atoms with Crippen molar-refractivity contribution < 1.29 is 18.1 Å². The zero-order valence-corrected chi connectivity index (χ0v) is 13.8. The average molecular weight is 351 g/mol. The zero-order valence-electron chi connectivity index (χ0n) is 13.8. The predicted molar refractivity (Wildman–Crippen MR) is 91.8 cm³/mol. The van der Waals surface area contributed by atoms with Crippen LogP contribution in [0.25, 0.3) is 22.4 Å². The Balaban J connectivity index is 1.79. The summed E-state index contributed by atoms with van der Waals surface area (Å²) in [4.78, 5) is 17.0. The normalized spacial score (nSPS) is 11.0. The first-order valence-corrected chi connectivity index (χ1v) is 7.96. The van der Waals surface area contributed by atoms with E-state index in [2.05, 4.69) is 15.5 Å². The lowest BCUT2D eigenvalue weighted by atomic mass is 10.0. The van der Waals surface area contributed by atoms with E-state index in [1.807, 2.05) is 0 Å². The molecule has 0 aliphatic carbocycles. The number of nitrogens with zero attached hydrogens (tertiary/aromatic N) is 2. The maximum absolute atomic E-state index is 14.2. The Morgan fingerprint density at radius 1 is 1.23 bits per heavy atom. The molecule has 4 rings (SSSR count). The number of hydrogen-bond acceptors (Lipinski definition) is 5. The molecule has 26 heavy (non-hydrogen) atoms. The van der Waals surface area contributed by atoms with E-state index in [-0.39, 0.29) is 29.4 Å². The highest BCUT2D eigenvalue weighted by atomic mass is 19.1. The standard InChI is InChI=1S/C19H14FN3O3/c1-11-9-14(18(24)21-10-12-5-4-8-25-12)16-17(23-26-19(16)22-11)13-6-2-3-7-15(13)20/h2-9H,10H2,1H3,(H,21,24). The SMILES string of the molecule is Cc1cc(C(=O)NCc2ccco2)c2c(-c3ccccc3F)noc2n1. The van der Waals surface area contributed by atoms with Gasteiger partial charge in [-0.05, 0) is 37.3 Å². The molecule has 0 radical (unpaired) electrons. The third-order valence-electron chi connectivity index (χ3n) is 3.95. The Morgan fingerprint density at radius 3 is 2.85 bits per heavy atom. The number of amides is 1. The van der Waals surface area contributed by atoms with Crippen LogP contribution in [0.3, 0.4) is 0 Å². The second-order valence-corrected chi connectivity index (χ2v) is 5.76. The quantitative estimate of drug-likeness (QED) is 0.604. The van der Waals surface area contributed by atoms with Gasteiger partial charge in [0.2, 0.25) is 0 Å². The van der Waals surface area contributed by atoms with E-state index in [1.165, 1.54) is 12.3 Å². The van der Waals surface area contributed by atoms with Crippen molar-refractivity contribution in [3.63, 3.8) is 0 Å². The minimum atomic E-state index is -0.454. The van der Waals surface area contributed by atoms with Crippen molar-refractivity contribution >= 4 is 17.0 Å². The molecule has 1 amide bonds. The number of carbonyl (C=O) groups excluding carboxylic acids is 1. The molecule has 0 unspecified atom stereocenters. The molecule has 0 bridgehead atoms. The van der Waals surface area contributed by atoms with Crippen molar-refractivity contribution in [1.29, 1.82) is 0 Å². The number of furan rings is 1. The van der Waals surface area contributed by atoms with Crippen LogP contribution in [0.4, 0.5) is 4.39 Å². The number of nitrogens with one attached hydrogen (secondary N) is 1. The fraction of sp³-hybridized carbons (Fsp3) is 0.105. The molecular weight excluding hydrogens is 337 g/mol. The Hall–Kier alpha value is -3.48. The first-order valence-electron chi connectivity index (χ1n) is 7.96. The summed E-state index contributed by atoms with van der Waals surface area (Å²) in [7, 11) is 0. The van der Waals surface area contributed by atoms with E-state index in [4.69, 9.17) is 8.94 Å². The second-order valence-electron chi connectivity index (χ2n) is 5.76. The molecule has 1 aromatic carbocycles. The summed E-state index contributed by atoms with van der Waals surface area (Å²) in [5.41, 5.74) is 1.59. The molecule has 0 fully saturated rings. The molecule has 6 nitrogen and oxygen atoms in total. The molecule has 0 saturated heterocycles. The van der Waals surface area contributed by atoms with Crippen LogP contribution in [0.15, 0.2) is 57.7 Å². The first kappa shape index (κ1) is 16.0. The summed E-state index contributed by atoms with van der Waals surface area (Å²) >= 11 is 0. The summed E-state index contributed by atoms with van der Waals surface area (Å²) in [6.45, 7) is 1.98. The Kier molecular flexibility index (Phi) is 3.96. The van der Waals surface area contributed by atoms with Gasteiger partial charge in [0.25, 0.3) is 11.6 Å². The highest BCUT2D eigenvalue weighted by molar-refractivity contribution is 6.09. The predicted octanol–water partition coefficient (Wildman–Crippen LogP) is 3.86. The molecule has 0 aliphatic heterocycles. The van der Waals surface area contributed by atoms with Gasteiger partial charge in [0, 0.05) is 11.3 Å². The first-order chi connectivity index (χ1) is 12.6. The molecule has 4 aromatic rings. The van der Waals surface area contributed by atoms with E-state index in [9.17, 15) is 9.18 Å². The Morgan fingerprint density at radius 2 is 2.08 bits per heavy atom. The molecule has 0 saturated carbocycles. The third-order valence-corrected chi connectivity index (χ3v) is 3.95. The highest BCUT2D eigenvalue weighted by Gasteiger charge is 2.22. The number of carbonyl (C=O) groups is 1. The molecule has 7 heteroatoms. The van der Waals surface area contributed by atoms with Gasteiger partial charge in [-0.25, -0.2) is 9.37 Å². The van der Waals surface area contributed by atoms with Crippen LogP contribution in [0.1, 0.15) is 21.8 Å². The van der Waals surface area contributed by atoms with Crippen LogP contribution in [0.5, 0.6) is 0 Å². The molecule has 0 aliphatic rings. The monoisotopic (exact) mass is 351 g/mol. The number of benzene rings is 1. The van der Waals surface area contributed by atoms with E-state index in [1.54, 1.807) is 43.3 Å². The van der Waals surface area contributed by atoms with Gasteiger partial charge in [-0.15, -0.1) is 0 Å². The van der Waals surface area contributed by atoms with Crippen molar-refractivity contribution in [2.45, 2.75) is 13.5 Å². The molecular formula is C19H14FN3O3. The second kappa shape index (κ2) is 6.44. The van der Waals surface area contributed by atoms with Gasteiger partial charge in [-0.3, -0.25) is 4.79 Å². The maximum Gasteiger partial charge on any atom is 0.259 e. The lowest BCUT2D eigenvalue weighted by Gasteiger charge is -2.07. The summed E-state index contributed by atoms with van der Waals surface area (Å²) in [5, 5.41) is 7.10. The van der Waals surface area contributed by atoms with Crippen LogP contribution in [-0.4, -0.2) is 16.0 Å². The molecule has 3 heterocycles. The Bertz CT molecular complexity index is 1090. The van der Waals surface area contributed by atoms with Crippen LogP contribution in [0, 0.1) is 12.7 Å². The average Bonchev–Trinajstić information content (AvgIpc) is 3.29. The molecule has 130 valence electrons. The van der Waals surface area contributed by atoms with Crippen LogP contribution in [0.2, 0.25) is 0 Å². The van der Waals surface area contributed by atoms with Crippen molar-refractivity contribution in [3.8, 4) is 11.3 Å². The largest absolute Gasteiger partial charge is 0.467 e. The zero-order chi connectivity index (χ0) is 18.1. The van der Waals surface area contributed by atoms with Gasteiger partial charge in [0.05, 0.1) is 23.8 Å². The fourth-order valence-electron chi connectivity index (χ4n) is 2.77. The van der Waals surface area contributed by atoms with Crippen LogP contribution in [-0.2, 0) is 6.54 Å². The van der Waals surface area contributed by atoms with Crippen molar-refractivity contribution in [2.24, 2.45) is 0 Å². The number of halogens is 1. The van der Waals surface area contributed by atoms with Crippen molar-refractivity contribution in [3.05, 3.63) is 71.6 Å². The van der Waals surface area contributed by atoms with Gasteiger partial charge in [-0.2, -0.15) is 0 Å². The van der Waals surface area contributed by atoms with E-state index in [0.717, 1.165) is 0 Å². The van der Waals surface area contributed by atoms with E-state index in [0.29, 0.717) is 22.4 Å². The number of fused-ring (bicyclic) bond motifs is 1. The number of hydrogen-bond donors (Lipinski definition) is 1. The van der Waals surface area contributed by atoms with Crippen LogP contribution >= 0.6 is 0 Å². The summed E-state index contributed by atoms with van der Waals surface area (Å²) in [5.74, 6) is -0.178. The highest BCUT2D eigenvalue weighted by Crippen LogP contribution is 2.31. The van der Waals surface area contributed by atoms with Crippen molar-refractivity contribution in [1.82, 2.24) is 15.5 Å². The van der Waals surface area contributed by atoms with Gasteiger partial charge < -0.3 is 14.3 Å². The smallest absolute Gasteiger partial charge is 0.259 e. The summed E-state index contributed by atoms with van der Waals surface area (Å²) in [6.07, 6.45) is 1.53. The van der Waals surface area contributed by atoms with E-state index < -0.39 is 5.82 Å². The molecule has 0 atom stereocenters. The van der Waals surface area contributed by atoms with Gasteiger partial charge in [0.15, 0.2) is 0 Å². The molecule has 3 aromatic heterocycles. The minimum absolute atomic E-state index is 0.186. The lowest BCUT2D eigenvalue weighted by Crippen LogP contribution is -2.23. The van der Waals surface area contributed by atoms with Gasteiger partial charge in [-0.1, -0.05) is 17.3 Å². The molecule has 1 N–H and O–H groups in total. The number of pyridine rings is 1.